The summed E-state index contributed by atoms with van der Waals surface area (Å²) in [7, 11) is 0. The second-order valence-corrected chi connectivity index (χ2v) is 8.61. The Balaban J connectivity index is 1.72. The summed E-state index contributed by atoms with van der Waals surface area (Å²) in [5.74, 6) is 0.294. The number of rotatable bonds is 4. The molecule has 2 N–H and O–H groups in total. The second kappa shape index (κ2) is 8.36. The van der Waals surface area contributed by atoms with Gasteiger partial charge in [-0.1, -0.05) is 0 Å². The Morgan fingerprint density at radius 1 is 1.29 bits per heavy atom. The lowest BCUT2D eigenvalue weighted by molar-refractivity contribution is 0.0488. The Labute approximate surface area is 157 Å². The van der Waals surface area contributed by atoms with Crippen LogP contribution in [0, 0.1) is 15.3 Å². The average molecular weight is 448 g/mol. The molecule has 0 bridgehead atoms. The topological polar surface area (TPSA) is 50.4 Å². The number of halogens is 2. The van der Waals surface area contributed by atoms with Crippen LogP contribution in [0.25, 0.3) is 0 Å². The van der Waals surface area contributed by atoms with Gasteiger partial charge in [0.05, 0.1) is 5.69 Å². The predicted octanol–water partition coefficient (Wildman–Crippen LogP) is 4.93. The zero-order valence-corrected chi connectivity index (χ0v) is 16.7. The van der Waals surface area contributed by atoms with Gasteiger partial charge in [0.1, 0.15) is 11.4 Å². The molecule has 0 aliphatic heterocycles. The Morgan fingerprint density at radius 3 is 2.54 bits per heavy atom. The predicted molar refractivity (Wildman–Crippen MR) is 103 cm³/mol. The Hall–Kier alpha value is -1.05. The lowest BCUT2D eigenvalue weighted by atomic mass is 9.86. The van der Waals surface area contributed by atoms with E-state index in [0.717, 1.165) is 35.8 Å². The quantitative estimate of drug-likeness (QED) is 0.643. The van der Waals surface area contributed by atoms with E-state index >= 15 is 0 Å². The SMILES string of the molecule is CC(C)(C)OC(=O)N[C@H]1CC[C@H](CNc2ccc(I)cc2F)CC1. The molecule has 134 valence electrons. The zero-order valence-electron chi connectivity index (χ0n) is 14.5. The van der Waals surface area contributed by atoms with E-state index in [0.29, 0.717) is 11.6 Å². The second-order valence-electron chi connectivity index (χ2n) is 7.37. The monoisotopic (exact) mass is 448 g/mol. The first kappa shape index (κ1) is 19.3. The molecule has 0 aromatic heterocycles. The number of benzene rings is 1. The van der Waals surface area contributed by atoms with Gasteiger partial charge in [-0.2, -0.15) is 0 Å². The number of carbonyl (C=O) groups excluding carboxylic acids is 1. The van der Waals surface area contributed by atoms with Crippen LogP contribution in [0.4, 0.5) is 14.9 Å². The lowest BCUT2D eigenvalue weighted by Crippen LogP contribution is -2.41. The van der Waals surface area contributed by atoms with Crippen molar-refractivity contribution >= 4 is 34.4 Å². The molecule has 1 aliphatic rings. The summed E-state index contributed by atoms with van der Waals surface area (Å²) < 4.78 is 20.0. The molecular weight excluding hydrogens is 422 g/mol. The smallest absolute Gasteiger partial charge is 0.407 e. The van der Waals surface area contributed by atoms with Crippen LogP contribution in [0.3, 0.4) is 0 Å². The fraction of sp³-hybridized carbons (Fsp3) is 0.611. The van der Waals surface area contributed by atoms with E-state index in [-0.39, 0.29) is 18.0 Å². The van der Waals surface area contributed by atoms with E-state index in [2.05, 4.69) is 33.2 Å². The molecule has 1 amide bonds. The third kappa shape index (κ3) is 6.45. The third-order valence-corrected chi connectivity index (χ3v) is 4.75. The maximum atomic E-state index is 13.8. The van der Waals surface area contributed by atoms with Crippen molar-refractivity contribution < 1.29 is 13.9 Å². The largest absolute Gasteiger partial charge is 0.444 e. The number of nitrogens with one attached hydrogen (secondary N) is 2. The zero-order chi connectivity index (χ0) is 17.7. The molecule has 1 aromatic rings. The molecule has 1 aromatic carbocycles. The van der Waals surface area contributed by atoms with E-state index in [1.807, 2.05) is 26.8 Å². The van der Waals surface area contributed by atoms with Crippen molar-refractivity contribution in [3.8, 4) is 0 Å². The van der Waals surface area contributed by atoms with Gasteiger partial charge in [0.2, 0.25) is 0 Å². The first-order chi connectivity index (χ1) is 11.2. The van der Waals surface area contributed by atoms with Gasteiger partial charge in [-0.3, -0.25) is 0 Å². The van der Waals surface area contributed by atoms with Crippen molar-refractivity contribution in [2.45, 2.75) is 58.1 Å². The highest BCUT2D eigenvalue weighted by atomic mass is 127. The first-order valence-corrected chi connectivity index (χ1v) is 9.49. The van der Waals surface area contributed by atoms with E-state index in [1.54, 1.807) is 6.07 Å². The van der Waals surface area contributed by atoms with Crippen LogP contribution >= 0.6 is 22.6 Å². The van der Waals surface area contributed by atoms with Crippen molar-refractivity contribution in [3.63, 3.8) is 0 Å². The summed E-state index contributed by atoms with van der Waals surface area (Å²) >= 11 is 2.10. The molecule has 24 heavy (non-hydrogen) atoms. The van der Waals surface area contributed by atoms with Gasteiger partial charge in [0.25, 0.3) is 0 Å². The summed E-state index contributed by atoms with van der Waals surface area (Å²) in [6.07, 6.45) is 3.55. The number of amides is 1. The highest BCUT2D eigenvalue weighted by Crippen LogP contribution is 2.26. The van der Waals surface area contributed by atoms with Gasteiger partial charge >= 0.3 is 6.09 Å². The molecule has 1 aliphatic carbocycles. The maximum absolute atomic E-state index is 13.8. The minimum Gasteiger partial charge on any atom is -0.444 e. The summed E-state index contributed by atoms with van der Waals surface area (Å²) in [6, 6.07) is 5.39. The highest BCUT2D eigenvalue weighted by Gasteiger charge is 2.24. The summed E-state index contributed by atoms with van der Waals surface area (Å²) in [6.45, 7) is 6.34. The number of ether oxygens (including phenoxy) is 1. The maximum Gasteiger partial charge on any atom is 0.407 e. The van der Waals surface area contributed by atoms with Gasteiger partial charge in [0.15, 0.2) is 0 Å². The van der Waals surface area contributed by atoms with Gasteiger partial charge in [-0.25, -0.2) is 9.18 Å². The molecule has 1 saturated carbocycles. The van der Waals surface area contributed by atoms with Crippen LogP contribution < -0.4 is 10.6 Å². The van der Waals surface area contributed by atoms with E-state index in [1.165, 1.54) is 6.07 Å². The molecule has 0 radical (unpaired) electrons. The standard InChI is InChI=1S/C18H26FIN2O2/c1-18(2,3)24-17(23)22-14-7-4-12(5-8-14)11-21-16-9-6-13(20)10-15(16)19/h6,9-10,12,14,21H,4-5,7-8,11H2,1-3H3,(H,22,23)/t12-,14-. The normalized spacial score (nSPS) is 21.2. The van der Waals surface area contributed by atoms with Crippen LogP contribution in [-0.2, 0) is 4.74 Å². The van der Waals surface area contributed by atoms with Crippen molar-refractivity contribution in [3.05, 3.63) is 27.6 Å². The molecule has 0 unspecified atom stereocenters. The molecular formula is C18H26FIN2O2. The minimum atomic E-state index is -0.469. The van der Waals surface area contributed by atoms with Crippen LogP contribution in [0.15, 0.2) is 18.2 Å². The number of carbonyl (C=O) groups is 1. The van der Waals surface area contributed by atoms with Crippen molar-refractivity contribution in [2.75, 3.05) is 11.9 Å². The van der Waals surface area contributed by atoms with E-state index in [4.69, 9.17) is 4.74 Å². The van der Waals surface area contributed by atoms with Gasteiger partial charge in [-0.15, -0.1) is 0 Å². The fourth-order valence-electron chi connectivity index (χ4n) is 2.87. The van der Waals surface area contributed by atoms with Crippen molar-refractivity contribution in [1.82, 2.24) is 5.32 Å². The summed E-state index contributed by atoms with van der Waals surface area (Å²) in [5.41, 5.74) is 0.0902. The molecule has 1 fully saturated rings. The fourth-order valence-corrected chi connectivity index (χ4v) is 3.33. The number of alkyl carbamates (subject to hydrolysis) is 1. The first-order valence-electron chi connectivity index (χ1n) is 8.41. The van der Waals surface area contributed by atoms with Crippen molar-refractivity contribution in [2.24, 2.45) is 5.92 Å². The molecule has 0 spiro atoms. The Morgan fingerprint density at radius 2 is 1.96 bits per heavy atom. The Kier molecular flexibility index (Phi) is 6.71. The summed E-state index contributed by atoms with van der Waals surface area (Å²) in [5, 5.41) is 6.15. The molecule has 0 atom stereocenters. The van der Waals surface area contributed by atoms with E-state index < -0.39 is 5.60 Å². The number of hydrogen-bond acceptors (Lipinski definition) is 3. The van der Waals surface area contributed by atoms with Crippen LogP contribution in [0.1, 0.15) is 46.5 Å². The highest BCUT2D eigenvalue weighted by molar-refractivity contribution is 14.1. The third-order valence-electron chi connectivity index (χ3n) is 4.08. The van der Waals surface area contributed by atoms with Gasteiger partial charge in [-0.05, 0) is 93.2 Å². The number of anilines is 1. The molecule has 2 rings (SSSR count). The molecule has 0 heterocycles. The van der Waals surface area contributed by atoms with Crippen molar-refractivity contribution in [1.29, 1.82) is 0 Å². The van der Waals surface area contributed by atoms with E-state index in [9.17, 15) is 9.18 Å². The van der Waals surface area contributed by atoms with Crippen LogP contribution in [0.2, 0.25) is 0 Å². The molecule has 4 nitrogen and oxygen atoms in total. The summed E-state index contributed by atoms with van der Waals surface area (Å²) in [4.78, 5) is 11.8. The molecule has 0 saturated heterocycles. The van der Waals surface area contributed by atoms with Gasteiger partial charge < -0.3 is 15.4 Å². The molecule has 6 heteroatoms. The van der Waals surface area contributed by atoms with Crippen LogP contribution in [0.5, 0.6) is 0 Å². The lowest BCUT2D eigenvalue weighted by Gasteiger charge is -2.30. The minimum absolute atomic E-state index is 0.172. The number of hydrogen-bond donors (Lipinski definition) is 2. The average Bonchev–Trinajstić information content (AvgIpc) is 2.46. The Bertz CT molecular complexity index is 567. The van der Waals surface area contributed by atoms with Crippen LogP contribution in [-0.4, -0.2) is 24.3 Å². The van der Waals surface area contributed by atoms with Gasteiger partial charge in [0, 0.05) is 16.2 Å².